The van der Waals surface area contributed by atoms with E-state index in [1.54, 1.807) is 9.80 Å². The minimum absolute atomic E-state index is 0.0159. The Morgan fingerprint density at radius 2 is 1.57 bits per heavy atom. The van der Waals surface area contributed by atoms with Crippen molar-refractivity contribution in [3.63, 3.8) is 0 Å². The molecule has 1 atom stereocenters. The van der Waals surface area contributed by atoms with Crippen molar-refractivity contribution in [3.8, 4) is 0 Å². The Balaban J connectivity index is 1.29. The van der Waals surface area contributed by atoms with Crippen LogP contribution in [0, 0.1) is 13.8 Å². The number of hydrogen-bond acceptors (Lipinski definition) is 4. The zero-order valence-corrected chi connectivity index (χ0v) is 23.4. The summed E-state index contributed by atoms with van der Waals surface area (Å²) in [5, 5.41) is 6.06. The van der Waals surface area contributed by atoms with E-state index in [1.165, 1.54) is 0 Å². The molecule has 3 aromatic carbocycles. The first-order chi connectivity index (χ1) is 19.3. The second-order valence-corrected chi connectivity index (χ2v) is 10.9. The quantitative estimate of drug-likeness (QED) is 0.469. The minimum Gasteiger partial charge on any atom is -0.348 e. The number of urea groups is 1. The van der Waals surface area contributed by atoms with Crippen molar-refractivity contribution in [2.45, 2.75) is 45.2 Å². The number of benzene rings is 3. The summed E-state index contributed by atoms with van der Waals surface area (Å²) in [4.78, 5) is 45.7. The molecule has 0 aliphatic carbocycles. The lowest BCUT2D eigenvalue weighted by atomic mass is 9.85. The van der Waals surface area contributed by atoms with Gasteiger partial charge in [0.1, 0.15) is 12.1 Å². The second kappa shape index (κ2) is 11.4. The van der Waals surface area contributed by atoms with Crippen LogP contribution in [0.5, 0.6) is 0 Å². The standard InChI is InChI=1S/C32H37N5O3/c1-23-14-15-28(24(2)20-23)34-31(40)35-18-16-32(17-19-35)30(39)36(22-37(32)27-12-8-5-9-13-27)21-29(38)33-25(3)26-10-6-4-7-11-26/h4-15,20,25H,16-19,21-22H2,1-3H3,(H,33,38)(H,34,40). The van der Waals surface area contributed by atoms with Crippen LogP contribution >= 0.6 is 0 Å². The molecule has 0 bridgehead atoms. The summed E-state index contributed by atoms with van der Waals surface area (Å²) < 4.78 is 0. The lowest BCUT2D eigenvalue weighted by Gasteiger charge is -2.43. The zero-order valence-electron chi connectivity index (χ0n) is 23.4. The van der Waals surface area contributed by atoms with Gasteiger partial charge in [0.05, 0.1) is 12.7 Å². The Hall–Kier alpha value is -4.33. The molecule has 2 saturated heterocycles. The van der Waals surface area contributed by atoms with E-state index >= 15 is 0 Å². The molecule has 2 N–H and O–H groups in total. The number of carbonyl (C=O) groups excluding carboxylic acids is 3. The summed E-state index contributed by atoms with van der Waals surface area (Å²) in [5.74, 6) is -0.256. The van der Waals surface area contributed by atoms with Crippen molar-refractivity contribution in [1.29, 1.82) is 0 Å². The molecule has 8 nitrogen and oxygen atoms in total. The lowest BCUT2D eigenvalue weighted by Crippen LogP contribution is -2.58. The maximum absolute atomic E-state index is 14.0. The number of para-hydroxylation sites is 1. The minimum atomic E-state index is -0.802. The first-order valence-electron chi connectivity index (χ1n) is 13.9. The summed E-state index contributed by atoms with van der Waals surface area (Å²) >= 11 is 0. The fourth-order valence-electron chi connectivity index (χ4n) is 5.84. The Morgan fingerprint density at radius 1 is 0.925 bits per heavy atom. The van der Waals surface area contributed by atoms with Crippen LogP contribution < -0.4 is 15.5 Å². The average Bonchev–Trinajstić information content (AvgIpc) is 3.21. The van der Waals surface area contributed by atoms with Gasteiger partial charge in [-0.25, -0.2) is 4.79 Å². The maximum atomic E-state index is 14.0. The van der Waals surface area contributed by atoms with E-state index in [0.29, 0.717) is 32.6 Å². The van der Waals surface area contributed by atoms with Gasteiger partial charge < -0.3 is 25.3 Å². The van der Waals surface area contributed by atoms with Gasteiger partial charge in [0, 0.05) is 24.5 Å². The summed E-state index contributed by atoms with van der Waals surface area (Å²) in [5.41, 5.74) is 4.09. The number of carbonyl (C=O) groups is 3. The molecule has 3 aromatic rings. The number of nitrogens with one attached hydrogen (secondary N) is 2. The van der Waals surface area contributed by atoms with Crippen molar-refractivity contribution in [1.82, 2.24) is 15.1 Å². The van der Waals surface area contributed by atoms with E-state index < -0.39 is 5.54 Å². The second-order valence-electron chi connectivity index (χ2n) is 10.9. The first-order valence-corrected chi connectivity index (χ1v) is 13.9. The van der Waals surface area contributed by atoms with Crippen LogP contribution in [0.4, 0.5) is 16.2 Å². The van der Waals surface area contributed by atoms with Crippen molar-refractivity contribution < 1.29 is 14.4 Å². The van der Waals surface area contributed by atoms with Crippen molar-refractivity contribution in [2.75, 3.05) is 36.5 Å². The summed E-state index contributed by atoms with van der Waals surface area (Å²) in [6, 6.07) is 25.2. The van der Waals surface area contributed by atoms with Crippen LogP contribution in [0.3, 0.4) is 0 Å². The van der Waals surface area contributed by atoms with Gasteiger partial charge in [0.2, 0.25) is 5.91 Å². The molecule has 2 fully saturated rings. The Bertz CT molecular complexity index is 1370. The number of nitrogens with zero attached hydrogens (tertiary/aromatic N) is 3. The molecule has 1 unspecified atom stereocenters. The fraction of sp³-hybridized carbons (Fsp3) is 0.344. The largest absolute Gasteiger partial charge is 0.348 e. The lowest BCUT2D eigenvalue weighted by molar-refractivity contribution is -0.137. The highest BCUT2D eigenvalue weighted by Crippen LogP contribution is 2.39. The van der Waals surface area contributed by atoms with E-state index in [2.05, 4.69) is 15.5 Å². The van der Waals surface area contributed by atoms with Crippen LogP contribution in [-0.2, 0) is 9.59 Å². The highest BCUT2D eigenvalue weighted by molar-refractivity contribution is 5.97. The third-order valence-corrected chi connectivity index (χ3v) is 8.09. The molecule has 0 radical (unpaired) electrons. The number of aryl methyl sites for hydroxylation is 2. The van der Waals surface area contributed by atoms with Crippen LogP contribution in [-0.4, -0.2) is 59.5 Å². The van der Waals surface area contributed by atoms with Crippen molar-refractivity contribution >= 4 is 29.2 Å². The fourth-order valence-corrected chi connectivity index (χ4v) is 5.84. The van der Waals surface area contributed by atoms with E-state index in [4.69, 9.17) is 0 Å². The molecule has 8 heteroatoms. The number of anilines is 2. The first kappa shape index (κ1) is 27.2. The van der Waals surface area contributed by atoms with Gasteiger partial charge in [0.25, 0.3) is 5.91 Å². The molecule has 2 aliphatic heterocycles. The molecule has 2 aliphatic rings. The maximum Gasteiger partial charge on any atom is 0.321 e. The molecule has 1 spiro atoms. The molecule has 40 heavy (non-hydrogen) atoms. The number of amides is 4. The van der Waals surface area contributed by atoms with Gasteiger partial charge in [-0.1, -0.05) is 66.2 Å². The van der Waals surface area contributed by atoms with E-state index in [-0.39, 0.29) is 30.4 Å². The van der Waals surface area contributed by atoms with E-state index in [1.807, 2.05) is 99.6 Å². The van der Waals surface area contributed by atoms with Gasteiger partial charge in [-0.3, -0.25) is 9.59 Å². The Morgan fingerprint density at radius 3 is 2.23 bits per heavy atom. The number of hydrogen-bond donors (Lipinski definition) is 2. The average molecular weight is 540 g/mol. The predicted octanol–water partition coefficient (Wildman–Crippen LogP) is 4.85. The van der Waals surface area contributed by atoms with Crippen LogP contribution in [0.1, 0.15) is 42.5 Å². The van der Waals surface area contributed by atoms with Crippen LogP contribution in [0.2, 0.25) is 0 Å². The van der Waals surface area contributed by atoms with Gasteiger partial charge in [-0.2, -0.15) is 0 Å². The monoisotopic (exact) mass is 539 g/mol. The van der Waals surface area contributed by atoms with Crippen LogP contribution in [0.25, 0.3) is 0 Å². The molecule has 0 aromatic heterocycles. The molecule has 4 amide bonds. The Labute approximate surface area is 236 Å². The number of piperidine rings is 1. The van der Waals surface area contributed by atoms with Crippen LogP contribution in [0.15, 0.2) is 78.9 Å². The van der Waals surface area contributed by atoms with E-state index in [9.17, 15) is 14.4 Å². The summed E-state index contributed by atoms with van der Waals surface area (Å²) in [6.07, 6.45) is 0.971. The van der Waals surface area contributed by atoms with Gasteiger partial charge >= 0.3 is 6.03 Å². The van der Waals surface area contributed by atoms with Crippen molar-refractivity contribution in [2.24, 2.45) is 0 Å². The molecule has 0 saturated carbocycles. The predicted molar refractivity (Wildman–Crippen MR) is 157 cm³/mol. The number of likely N-dealkylation sites (tertiary alicyclic amines) is 1. The smallest absolute Gasteiger partial charge is 0.321 e. The van der Waals surface area contributed by atoms with Gasteiger partial charge in [-0.15, -0.1) is 0 Å². The SMILES string of the molecule is Cc1ccc(NC(=O)N2CCC3(CC2)C(=O)N(CC(=O)NC(C)c2ccccc2)CN3c2ccccc2)c(C)c1. The van der Waals surface area contributed by atoms with E-state index in [0.717, 1.165) is 28.1 Å². The normalized spacial score (nSPS) is 17.2. The Kier molecular flexibility index (Phi) is 7.78. The van der Waals surface area contributed by atoms with Crippen molar-refractivity contribution in [3.05, 3.63) is 95.6 Å². The third kappa shape index (κ3) is 5.52. The highest BCUT2D eigenvalue weighted by Gasteiger charge is 2.54. The third-order valence-electron chi connectivity index (χ3n) is 8.09. The molecule has 208 valence electrons. The summed E-state index contributed by atoms with van der Waals surface area (Å²) in [7, 11) is 0. The molecule has 2 heterocycles. The molecular formula is C32H37N5O3. The summed E-state index contributed by atoms with van der Waals surface area (Å²) in [6.45, 7) is 7.14. The zero-order chi connectivity index (χ0) is 28.3. The molecular weight excluding hydrogens is 502 g/mol. The molecule has 5 rings (SSSR count). The number of rotatable bonds is 6. The van der Waals surface area contributed by atoms with Gasteiger partial charge in [0.15, 0.2) is 0 Å². The van der Waals surface area contributed by atoms with Gasteiger partial charge in [-0.05, 0) is 62.9 Å². The topological polar surface area (TPSA) is 85.0 Å². The highest BCUT2D eigenvalue weighted by atomic mass is 16.2.